The number of ether oxygens (including phenoxy) is 1. The van der Waals surface area contributed by atoms with Gasteiger partial charge < -0.3 is 15.0 Å². The smallest absolute Gasteiger partial charge is 0.232 e. The third-order valence-corrected chi connectivity index (χ3v) is 5.76. The molecule has 1 saturated heterocycles. The molecule has 0 aliphatic carbocycles. The van der Waals surface area contributed by atoms with Crippen LogP contribution in [0.2, 0.25) is 5.02 Å². The third kappa shape index (κ3) is 6.81. The molecule has 0 amide bonds. The average molecular weight is 451 g/mol. The number of piperidine rings is 1. The number of hydrogen-bond acceptors (Lipinski definition) is 5. The van der Waals surface area contributed by atoms with Crippen LogP contribution in [-0.2, 0) is 10.0 Å². The maximum atomic E-state index is 11.7. The van der Waals surface area contributed by atoms with E-state index in [2.05, 4.69) is 32.1 Å². The van der Waals surface area contributed by atoms with Crippen molar-refractivity contribution in [2.75, 3.05) is 43.2 Å². The van der Waals surface area contributed by atoms with E-state index in [4.69, 9.17) is 16.3 Å². The highest BCUT2D eigenvalue weighted by atomic mass is 35.5. The molecule has 2 aromatic rings. The first-order chi connectivity index (χ1) is 14.3. The van der Waals surface area contributed by atoms with E-state index in [-0.39, 0.29) is 5.96 Å². The van der Waals surface area contributed by atoms with Crippen LogP contribution in [0.25, 0.3) is 0 Å². The van der Waals surface area contributed by atoms with E-state index in [0.717, 1.165) is 37.9 Å². The van der Waals surface area contributed by atoms with Gasteiger partial charge in [-0.15, -0.1) is 0 Å². The number of sulfonamides is 1. The zero-order chi connectivity index (χ0) is 21.6. The minimum atomic E-state index is -3.44. The van der Waals surface area contributed by atoms with Crippen LogP contribution in [-0.4, -0.2) is 47.4 Å². The number of aliphatic imine (C=N–C) groups is 1. The average Bonchev–Trinajstić information content (AvgIpc) is 2.73. The Bertz CT molecular complexity index is 955. The maximum Gasteiger partial charge on any atom is 0.232 e. The van der Waals surface area contributed by atoms with Gasteiger partial charge in [-0.3, -0.25) is 9.71 Å². The van der Waals surface area contributed by atoms with Crippen LogP contribution < -0.4 is 19.7 Å². The van der Waals surface area contributed by atoms with Gasteiger partial charge in [-0.1, -0.05) is 11.6 Å². The van der Waals surface area contributed by atoms with Crippen molar-refractivity contribution >= 4 is 39.0 Å². The Hall–Kier alpha value is -2.45. The molecule has 1 aliphatic heterocycles. The number of nitrogens with one attached hydrogen (secondary N) is 2. The fraction of sp³-hybridized carbons (Fsp3) is 0.381. The Labute approximate surface area is 183 Å². The molecule has 2 N–H and O–H groups in total. The number of rotatable bonds is 6. The number of hydrogen-bond donors (Lipinski definition) is 2. The van der Waals surface area contributed by atoms with Crippen LogP contribution >= 0.6 is 11.6 Å². The topological polar surface area (TPSA) is 83.0 Å². The zero-order valence-corrected chi connectivity index (χ0v) is 18.7. The molecule has 162 valence electrons. The Balaban J connectivity index is 1.59. The number of nitrogens with zero attached hydrogens (tertiary/aromatic N) is 2. The van der Waals surface area contributed by atoms with Crippen LogP contribution in [0.3, 0.4) is 0 Å². The number of anilines is 2. The molecule has 3 rings (SSSR count). The van der Waals surface area contributed by atoms with Crippen molar-refractivity contribution in [3.8, 4) is 5.75 Å². The van der Waals surface area contributed by atoms with Crippen molar-refractivity contribution in [2.24, 2.45) is 10.9 Å². The molecule has 2 aromatic carbocycles. The summed E-state index contributed by atoms with van der Waals surface area (Å²) in [6.07, 6.45) is 3.09. The van der Waals surface area contributed by atoms with E-state index in [1.54, 1.807) is 31.4 Å². The number of guanidine groups is 1. The van der Waals surface area contributed by atoms with Gasteiger partial charge in [-0.25, -0.2) is 8.42 Å². The van der Waals surface area contributed by atoms with E-state index in [0.29, 0.717) is 23.2 Å². The van der Waals surface area contributed by atoms with Gasteiger partial charge in [-0.05, 0) is 67.3 Å². The molecule has 0 saturated carbocycles. The van der Waals surface area contributed by atoms with Crippen molar-refractivity contribution < 1.29 is 13.2 Å². The molecule has 0 unspecified atom stereocenters. The second kappa shape index (κ2) is 10.0. The molecule has 0 atom stereocenters. The van der Waals surface area contributed by atoms with Crippen LogP contribution in [0.1, 0.15) is 12.8 Å². The normalized spacial score (nSPS) is 15.7. The standard InChI is InChI=1S/C21H27ClN4O3S/c1-29-20-9-7-19(8-10-20)26-13-11-16(12-14-26)15-23-21(25-30(2,27)28)24-18-5-3-17(22)4-6-18/h3-10,16H,11-15H2,1-2H3,(H2,23,24,25). The van der Waals surface area contributed by atoms with Crippen LogP contribution in [0, 0.1) is 5.92 Å². The largest absolute Gasteiger partial charge is 0.497 e. The predicted molar refractivity (Wildman–Crippen MR) is 123 cm³/mol. The first-order valence-corrected chi connectivity index (χ1v) is 12.0. The highest BCUT2D eigenvalue weighted by Gasteiger charge is 2.20. The zero-order valence-electron chi connectivity index (χ0n) is 17.1. The summed E-state index contributed by atoms with van der Waals surface area (Å²) in [5, 5.41) is 3.64. The van der Waals surface area contributed by atoms with Crippen LogP contribution in [0.4, 0.5) is 11.4 Å². The van der Waals surface area contributed by atoms with E-state index in [1.165, 1.54) is 5.69 Å². The summed E-state index contributed by atoms with van der Waals surface area (Å²) >= 11 is 5.91. The molecular weight excluding hydrogens is 424 g/mol. The second-order valence-corrected chi connectivity index (χ2v) is 9.51. The fourth-order valence-electron chi connectivity index (χ4n) is 3.33. The van der Waals surface area contributed by atoms with Gasteiger partial charge in [0.25, 0.3) is 0 Å². The molecule has 1 heterocycles. The van der Waals surface area contributed by atoms with E-state index in [1.807, 2.05) is 12.1 Å². The number of methoxy groups -OCH3 is 1. The van der Waals surface area contributed by atoms with Crippen molar-refractivity contribution in [3.05, 3.63) is 53.6 Å². The highest BCUT2D eigenvalue weighted by Crippen LogP contribution is 2.25. The maximum absolute atomic E-state index is 11.7. The molecule has 0 radical (unpaired) electrons. The Morgan fingerprint density at radius 3 is 2.33 bits per heavy atom. The fourth-order valence-corrected chi connectivity index (χ4v) is 3.92. The summed E-state index contributed by atoms with van der Waals surface area (Å²) in [5.41, 5.74) is 1.89. The number of benzene rings is 2. The molecule has 0 bridgehead atoms. The van der Waals surface area contributed by atoms with Gasteiger partial charge in [0, 0.05) is 36.0 Å². The monoisotopic (exact) mass is 450 g/mol. The molecular formula is C21H27ClN4O3S. The quantitative estimate of drug-likeness (QED) is 0.519. The summed E-state index contributed by atoms with van der Waals surface area (Å²) in [4.78, 5) is 6.87. The first kappa shape index (κ1) is 22.2. The van der Waals surface area contributed by atoms with Crippen LogP contribution in [0.5, 0.6) is 5.75 Å². The SMILES string of the molecule is COc1ccc(N2CCC(CN=C(Nc3ccc(Cl)cc3)NS(C)(=O)=O)CC2)cc1. The molecule has 1 aliphatic rings. The highest BCUT2D eigenvalue weighted by molar-refractivity contribution is 7.89. The lowest BCUT2D eigenvalue weighted by Gasteiger charge is -2.33. The Kier molecular flexibility index (Phi) is 7.44. The van der Waals surface area contributed by atoms with Crippen molar-refractivity contribution in [1.82, 2.24) is 4.72 Å². The summed E-state index contributed by atoms with van der Waals surface area (Å²) < 4.78 is 31.1. The van der Waals surface area contributed by atoms with Gasteiger partial charge in [0.05, 0.1) is 13.4 Å². The molecule has 7 nitrogen and oxygen atoms in total. The molecule has 1 fully saturated rings. The third-order valence-electron chi connectivity index (χ3n) is 4.95. The van der Waals surface area contributed by atoms with Gasteiger partial charge in [0.1, 0.15) is 5.75 Å². The lowest BCUT2D eigenvalue weighted by molar-refractivity contribution is 0.411. The van der Waals surface area contributed by atoms with E-state index in [9.17, 15) is 8.42 Å². The van der Waals surface area contributed by atoms with Gasteiger partial charge in [-0.2, -0.15) is 0 Å². The van der Waals surface area contributed by atoms with E-state index >= 15 is 0 Å². The second-order valence-electron chi connectivity index (χ2n) is 7.32. The summed E-state index contributed by atoms with van der Waals surface area (Å²) in [6, 6.07) is 15.1. The lowest BCUT2D eigenvalue weighted by atomic mass is 9.96. The summed E-state index contributed by atoms with van der Waals surface area (Å²) in [6.45, 7) is 2.42. The predicted octanol–water partition coefficient (Wildman–Crippen LogP) is 3.58. The van der Waals surface area contributed by atoms with Crippen molar-refractivity contribution in [1.29, 1.82) is 0 Å². The summed E-state index contributed by atoms with van der Waals surface area (Å²) in [7, 11) is -1.78. The molecule has 9 heteroatoms. The summed E-state index contributed by atoms with van der Waals surface area (Å²) in [5.74, 6) is 1.46. The molecule has 0 spiro atoms. The van der Waals surface area contributed by atoms with Crippen molar-refractivity contribution in [3.63, 3.8) is 0 Å². The van der Waals surface area contributed by atoms with Crippen LogP contribution in [0.15, 0.2) is 53.5 Å². The van der Waals surface area contributed by atoms with Crippen molar-refractivity contribution in [2.45, 2.75) is 12.8 Å². The lowest BCUT2D eigenvalue weighted by Crippen LogP contribution is -2.37. The minimum Gasteiger partial charge on any atom is -0.497 e. The molecule has 30 heavy (non-hydrogen) atoms. The Morgan fingerprint density at radius 1 is 1.13 bits per heavy atom. The molecule has 0 aromatic heterocycles. The Morgan fingerprint density at radius 2 is 1.77 bits per heavy atom. The van der Waals surface area contributed by atoms with Gasteiger partial charge in [0.2, 0.25) is 16.0 Å². The first-order valence-electron chi connectivity index (χ1n) is 9.76. The van der Waals surface area contributed by atoms with Gasteiger partial charge in [0.15, 0.2) is 0 Å². The minimum absolute atomic E-state index is 0.220. The van der Waals surface area contributed by atoms with Gasteiger partial charge >= 0.3 is 0 Å². The van der Waals surface area contributed by atoms with E-state index < -0.39 is 10.0 Å². The number of halogens is 1.